The standard InChI is InChI=1S/C22H26ClN5O2/c1-22(2,3)26-21(29)30-13-10-17(24)20-18(14-8-11-25-12-9-14)19(27-28-20)15-4-6-16(23)7-5-15/h4-9,11-12,17H,10,13,24H2,1-3H3,(H,26,29)(H,27,28). The van der Waals surface area contributed by atoms with Crippen LogP contribution in [-0.4, -0.2) is 33.4 Å². The number of pyridine rings is 1. The first-order valence-corrected chi connectivity index (χ1v) is 10.1. The molecule has 1 amide bonds. The van der Waals surface area contributed by atoms with Gasteiger partial charge in [0.25, 0.3) is 0 Å². The molecule has 30 heavy (non-hydrogen) atoms. The van der Waals surface area contributed by atoms with Crippen molar-refractivity contribution >= 4 is 17.7 Å². The molecule has 0 fully saturated rings. The first-order valence-electron chi connectivity index (χ1n) is 9.70. The maximum Gasteiger partial charge on any atom is 0.407 e. The number of nitrogens with one attached hydrogen (secondary N) is 2. The van der Waals surface area contributed by atoms with Crippen LogP contribution in [0.5, 0.6) is 0 Å². The highest BCUT2D eigenvalue weighted by atomic mass is 35.5. The van der Waals surface area contributed by atoms with E-state index >= 15 is 0 Å². The number of benzene rings is 1. The van der Waals surface area contributed by atoms with Gasteiger partial charge in [-0.2, -0.15) is 5.10 Å². The number of rotatable bonds is 6. The van der Waals surface area contributed by atoms with Crippen LogP contribution in [0.4, 0.5) is 4.79 Å². The summed E-state index contributed by atoms with van der Waals surface area (Å²) in [5.41, 5.74) is 10.4. The number of carbonyl (C=O) groups is 1. The number of nitrogens with zero attached hydrogens (tertiary/aromatic N) is 2. The van der Waals surface area contributed by atoms with Gasteiger partial charge in [-0.15, -0.1) is 0 Å². The molecule has 0 aliphatic rings. The minimum Gasteiger partial charge on any atom is -0.449 e. The van der Waals surface area contributed by atoms with Crippen molar-refractivity contribution in [3.63, 3.8) is 0 Å². The number of aromatic nitrogens is 3. The number of carbonyl (C=O) groups excluding carboxylic acids is 1. The minimum absolute atomic E-state index is 0.189. The number of ether oxygens (including phenoxy) is 1. The second-order valence-corrected chi connectivity index (χ2v) is 8.45. The van der Waals surface area contributed by atoms with E-state index in [1.165, 1.54) is 0 Å². The number of amides is 1. The molecule has 8 heteroatoms. The fourth-order valence-corrected chi connectivity index (χ4v) is 3.14. The summed E-state index contributed by atoms with van der Waals surface area (Å²) in [7, 11) is 0. The number of hydrogen-bond acceptors (Lipinski definition) is 5. The number of hydrogen-bond donors (Lipinski definition) is 3. The average molecular weight is 428 g/mol. The molecule has 1 atom stereocenters. The topological polar surface area (TPSA) is 106 Å². The van der Waals surface area contributed by atoms with E-state index in [0.29, 0.717) is 11.4 Å². The summed E-state index contributed by atoms with van der Waals surface area (Å²) >= 11 is 6.03. The quantitative estimate of drug-likeness (QED) is 0.528. The predicted molar refractivity (Wildman–Crippen MR) is 118 cm³/mol. The monoisotopic (exact) mass is 427 g/mol. The molecule has 3 aromatic rings. The van der Waals surface area contributed by atoms with Crippen LogP contribution in [0.3, 0.4) is 0 Å². The third-order valence-corrected chi connectivity index (χ3v) is 4.64. The van der Waals surface area contributed by atoms with Gasteiger partial charge in [-0.3, -0.25) is 10.1 Å². The van der Waals surface area contributed by atoms with Gasteiger partial charge in [0.05, 0.1) is 18.3 Å². The Morgan fingerprint density at radius 2 is 1.83 bits per heavy atom. The second-order valence-electron chi connectivity index (χ2n) is 8.01. The van der Waals surface area contributed by atoms with Crippen molar-refractivity contribution in [2.24, 2.45) is 5.73 Å². The molecule has 4 N–H and O–H groups in total. The Labute approximate surface area is 181 Å². The number of nitrogens with two attached hydrogens (primary N) is 1. The Bertz CT molecular complexity index is 981. The minimum atomic E-state index is -0.462. The van der Waals surface area contributed by atoms with Crippen molar-refractivity contribution in [1.82, 2.24) is 20.5 Å². The van der Waals surface area contributed by atoms with Gasteiger partial charge >= 0.3 is 6.09 Å². The summed E-state index contributed by atoms with van der Waals surface area (Å²) in [6, 6.07) is 10.9. The zero-order chi connectivity index (χ0) is 21.7. The molecule has 3 rings (SSSR count). The van der Waals surface area contributed by atoms with Crippen LogP contribution in [0.25, 0.3) is 22.4 Å². The van der Waals surface area contributed by atoms with Gasteiger partial charge in [-0.25, -0.2) is 4.79 Å². The fraction of sp³-hybridized carbons (Fsp3) is 0.318. The summed E-state index contributed by atoms with van der Waals surface area (Å²) in [6.45, 7) is 5.87. The Kier molecular flexibility index (Phi) is 6.74. The molecular weight excluding hydrogens is 402 g/mol. The molecule has 0 radical (unpaired) electrons. The molecule has 2 heterocycles. The Morgan fingerprint density at radius 1 is 1.17 bits per heavy atom. The van der Waals surface area contributed by atoms with Crippen LogP contribution in [0, 0.1) is 0 Å². The summed E-state index contributed by atoms with van der Waals surface area (Å²) in [5, 5.41) is 11.0. The Morgan fingerprint density at radius 3 is 2.47 bits per heavy atom. The van der Waals surface area contributed by atoms with Crippen molar-refractivity contribution in [2.75, 3.05) is 6.61 Å². The fourth-order valence-electron chi connectivity index (χ4n) is 3.02. The van der Waals surface area contributed by atoms with Crippen molar-refractivity contribution < 1.29 is 9.53 Å². The van der Waals surface area contributed by atoms with Gasteiger partial charge in [0.1, 0.15) is 5.69 Å². The van der Waals surface area contributed by atoms with E-state index in [1.54, 1.807) is 12.4 Å². The lowest BCUT2D eigenvalue weighted by atomic mass is 9.96. The zero-order valence-electron chi connectivity index (χ0n) is 17.3. The third-order valence-electron chi connectivity index (χ3n) is 4.39. The van der Waals surface area contributed by atoms with Crippen molar-refractivity contribution in [2.45, 2.75) is 38.8 Å². The van der Waals surface area contributed by atoms with Crippen LogP contribution in [-0.2, 0) is 4.74 Å². The van der Waals surface area contributed by atoms with E-state index in [9.17, 15) is 4.79 Å². The van der Waals surface area contributed by atoms with E-state index in [0.717, 1.165) is 28.1 Å². The highest BCUT2D eigenvalue weighted by molar-refractivity contribution is 6.30. The highest BCUT2D eigenvalue weighted by Gasteiger charge is 2.22. The average Bonchev–Trinajstić information content (AvgIpc) is 3.13. The third kappa shape index (κ3) is 5.58. The molecule has 0 saturated heterocycles. The molecule has 0 aliphatic heterocycles. The van der Waals surface area contributed by atoms with E-state index in [1.807, 2.05) is 57.2 Å². The maximum absolute atomic E-state index is 11.9. The molecule has 158 valence electrons. The largest absolute Gasteiger partial charge is 0.449 e. The summed E-state index contributed by atoms with van der Waals surface area (Å²) < 4.78 is 5.27. The van der Waals surface area contributed by atoms with E-state index in [-0.39, 0.29) is 12.1 Å². The van der Waals surface area contributed by atoms with Gasteiger partial charge in [0.2, 0.25) is 0 Å². The Hall–Kier alpha value is -2.90. The molecule has 0 saturated carbocycles. The first-order chi connectivity index (χ1) is 14.2. The van der Waals surface area contributed by atoms with Crippen LogP contribution in [0.1, 0.15) is 38.9 Å². The zero-order valence-corrected chi connectivity index (χ0v) is 18.0. The number of H-pyrrole nitrogens is 1. The van der Waals surface area contributed by atoms with E-state index < -0.39 is 12.1 Å². The van der Waals surface area contributed by atoms with Gasteiger partial charge in [-0.1, -0.05) is 23.7 Å². The summed E-state index contributed by atoms with van der Waals surface area (Å²) in [6.07, 6.45) is 3.43. The van der Waals surface area contributed by atoms with Gasteiger partial charge in [0.15, 0.2) is 0 Å². The lowest BCUT2D eigenvalue weighted by Crippen LogP contribution is -2.41. The van der Waals surface area contributed by atoms with E-state index in [4.69, 9.17) is 22.1 Å². The van der Waals surface area contributed by atoms with Crippen LogP contribution in [0.2, 0.25) is 5.02 Å². The van der Waals surface area contributed by atoms with Gasteiger partial charge < -0.3 is 15.8 Å². The molecular formula is C22H26ClN5O2. The molecule has 0 spiro atoms. The van der Waals surface area contributed by atoms with Crippen LogP contribution >= 0.6 is 11.6 Å². The molecule has 0 aliphatic carbocycles. The maximum atomic E-state index is 11.9. The summed E-state index contributed by atoms with van der Waals surface area (Å²) in [5.74, 6) is 0. The van der Waals surface area contributed by atoms with Crippen molar-refractivity contribution in [3.05, 3.63) is 59.5 Å². The second kappa shape index (κ2) is 9.28. The molecule has 0 bridgehead atoms. The number of halogens is 1. The smallest absolute Gasteiger partial charge is 0.407 e. The van der Waals surface area contributed by atoms with Crippen molar-refractivity contribution in [1.29, 1.82) is 0 Å². The van der Waals surface area contributed by atoms with E-state index in [2.05, 4.69) is 20.5 Å². The molecule has 1 aromatic carbocycles. The normalized spacial score (nSPS) is 12.4. The van der Waals surface area contributed by atoms with Crippen LogP contribution in [0.15, 0.2) is 48.8 Å². The highest BCUT2D eigenvalue weighted by Crippen LogP contribution is 2.36. The molecule has 7 nitrogen and oxygen atoms in total. The van der Waals surface area contributed by atoms with Gasteiger partial charge in [0, 0.05) is 40.5 Å². The molecule has 2 aromatic heterocycles. The molecule has 1 unspecified atom stereocenters. The summed E-state index contributed by atoms with van der Waals surface area (Å²) in [4.78, 5) is 16.0. The van der Waals surface area contributed by atoms with Gasteiger partial charge in [-0.05, 0) is 50.6 Å². The Balaban J connectivity index is 1.82. The number of aromatic amines is 1. The first kappa shape index (κ1) is 21.8. The lowest BCUT2D eigenvalue weighted by Gasteiger charge is -2.20. The van der Waals surface area contributed by atoms with Crippen molar-refractivity contribution in [3.8, 4) is 22.4 Å². The lowest BCUT2D eigenvalue weighted by molar-refractivity contribution is 0.134. The van der Waals surface area contributed by atoms with Crippen LogP contribution < -0.4 is 11.1 Å². The number of alkyl carbamates (subject to hydrolysis) is 1. The predicted octanol–water partition coefficient (Wildman–Crippen LogP) is 4.71. The SMILES string of the molecule is CC(C)(C)NC(=O)OCCC(N)c1[nH]nc(-c2ccc(Cl)cc2)c1-c1ccncc1.